The number of thiophene rings is 1. The van der Waals surface area contributed by atoms with Crippen LogP contribution in [-0.2, 0) is 6.54 Å². The van der Waals surface area contributed by atoms with E-state index in [2.05, 4.69) is 146 Å². The minimum absolute atomic E-state index is 0.609. The Balaban J connectivity index is 1.01. The van der Waals surface area contributed by atoms with Gasteiger partial charge in [-0.3, -0.25) is 4.99 Å². The summed E-state index contributed by atoms with van der Waals surface area (Å²) in [5, 5.41) is 9.45. The summed E-state index contributed by atoms with van der Waals surface area (Å²) in [4.78, 5) is 4.89. The summed E-state index contributed by atoms with van der Waals surface area (Å²) in [6.45, 7) is 0.609. The Hall–Kier alpha value is -6.49. The second-order valence-corrected chi connectivity index (χ2v) is 14.5. The summed E-state index contributed by atoms with van der Waals surface area (Å²) < 4.78 is 15.7. The number of rotatable bonds is 5. The van der Waals surface area contributed by atoms with Gasteiger partial charge in [0.1, 0.15) is 22.3 Å². The van der Waals surface area contributed by atoms with Crippen molar-refractivity contribution in [2.75, 3.05) is 0 Å². The third-order valence-corrected chi connectivity index (χ3v) is 11.5. The highest BCUT2D eigenvalue weighted by Gasteiger charge is 2.18. The van der Waals surface area contributed by atoms with Crippen LogP contribution in [0.4, 0.5) is 0 Å². The first-order valence-electron chi connectivity index (χ1n) is 17.5. The Morgan fingerprint density at radius 2 is 1.23 bits per heavy atom. The van der Waals surface area contributed by atoms with E-state index >= 15 is 0 Å². The lowest BCUT2D eigenvalue weighted by Crippen LogP contribution is -1.86. The van der Waals surface area contributed by atoms with Crippen molar-refractivity contribution in [2.45, 2.75) is 6.54 Å². The summed E-state index contributed by atoms with van der Waals surface area (Å²) in [6, 6.07) is 56.0. The van der Waals surface area contributed by atoms with E-state index < -0.39 is 0 Å². The van der Waals surface area contributed by atoms with E-state index in [1.165, 1.54) is 36.5 Å². The van der Waals surface area contributed by atoms with Crippen LogP contribution in [0.15, 0.2) is 172 Å². The van der Waals surface area contributed by atoms with Crippen molar-refractivity contribution < 1.29 is 8.83 Å². The molecule has 3 aromatic heterocycles. The Morgan fingerprint density at radius 1 is 0.481 bits per heavy atom. The zero-order chi connectivity index (χ0) is 34.2. The Kier molecular flexibility index (Phi) is 6.48. The van der Waals surface area contributed by atoms with Crippen molar-refractivity contribution in [3.8, 4) is 22.3 Å². The number of hydrogen-bond donors (Lipinski definition) is 0. The largest absolute Gasteiger partial charge is 0.456 e. The van der Waals surface area contributed by atoms with Gasteiger partial charge in [0, 0.05) is 59.1 Å². The quantitative estimate of drug-likeness (QED) is 0.169. The molecule has 4 heteroatoms. The van der Waals surface area contributed by atoms with Crippen LogP contribution in [0.25, 0.3) is 97.1 Å². The zero-order valence-electron chi connectivity index (χ0n) is 28.0. The van der Waals surface area contributed by atoms with Crippen molar-refractivity contribution in [3.63, 3.8) is 0 Å². The van der Waals surface area contributed by atoms with E-state index in [1.807, 2.05) is 29.7 Å². The lowest BCUT2D eigenvalue weighted by molar-refractivity contribution is 0.669. The monoisotopic (exact) mass is 683 g/mol. The predicted molar refractivity (Wildman–Crippen MR) is 220 cm³/mol. The minimum Gasteiger partial charge on any atom is -0.456 e. The van der Waals surface area contributed by atoms with Gasteiger partial charge in [-0.15, -0.1) is 11.3 Å². The van der Waals surface area contributed by atoms with Gasteiger partial charge in [-0.1, -0.05) is 115 Å². The van der Waals surface area contributed by atoms with Crippen LogP contribution in [-0.4, -0.2) is 6.21 Å². The third kappa shape index (κ3) is 4.62. The Morgan fingerprint density at radius 3 is 2.19 bits per heavy atom. The first-order valence-corrected chi connectivity index (χ1v) is 18.4. The zero-order valence-corrected chi connectivity index (χ0v) is 28.8. The van der Waals surface area contributed by atoms with E-state index in [0.29, 0.717) is 6.54 Å². The molecular weight excluding hydrogens is 655 g/mol. The van der Waals surface area contributed by atoms with Gasteiger partial charge in [-0.25, -0.2) is 0 Å². The Bertz CT molecular complexity index is 3230. The molecule has 244 valence electrons. The first-order chi connectivity index (χ1) is 25.7. The highest BCUT2D eigenvalue weighted by atomic mass is 32.1. The SMILES string of the molecule is C(=NCc1ccc2ccccc2c1)c1cccc2oc3ccc(-c4cccc5oc6c(-c7ccc8c(c7)sc7ccccc78)cccc6c45)cc3c12. The number of benzene rings is 8. The number of para-hydroxylation sites is 1. The van der Waals surface area contributed by atoms with E-state index in [-0.39, 0.29) is 0 Å². The lowest BCUT2D eigenvalue weighted by Gasteiger charge is -2.06. The van der Waals surface area contributed by atoms with Gasteiger partial charge in [0.15, 0.2) is 0 Å². The van der Waals surface area contributed by atoms with Crippen molar-refractivity contribution in [2.24, 2.45) is 4.99 Å². The molecule has 0 atom stereocenters. The number of nitrogens with zero attached hydrogens (tertiary/aromatic N) is 1. The highest BCUT2D eigenvalue weighted by Crippen LogP contribution is 2.43. The molecule has 0 aliphatic rings. The van der Waals surface area contributed by atoms with E-state index in [4.69, 9.17) is 13.8 Å². The van der Waals surface area contributed by atoms with Crippen molar-refractivity contribution in [1.29, 1.82) is 0 Å². The molecule has 0 unspecified atom stereocenters. The van der Waals surface area contributed by atoms with Gasteiger partial charge in [-0.05, 0) is 75.5 Å². The molecule has 0 amide bonds. The molecule has 0 saturated carbocycles. The van der Waals surface area contributed by atoms with Crippen LogP contribution >= 0.6 is 11.3 Å². The smallest absolute Gasteiger partial charge is 0.143 e. The summed E-state index contributed by atoms with van der Waals surface area (Å²) in [5.41, 5.74) is 10.2. The fraction of sp³-hybridized carbons (Fsp3) is 0.0208. The molecule has 0 saturated heterocycles. The van der Waals surface area contributed by atoms with Crippen LogP contribution in [0, 0.1) is 0 Å². The van der Waals surface area contributed by atoms with E-state index in [9.17, 15) is 0 Å². The lowest BCUT2D eigenvalue weighted by atomic mass is 9.96. The average Bonchev–Trinajstić information content (AvgIpc) is 3.88. The summed E-state index contributed by atoms with van der Waals surface area (Å²) in [5.74, 6) is 0. The molecule has 3 nitrogen and oxygen atoms in total. The molecule has 8 aromatic carbocycles. The highest BCUT2D eigenvalue weighted by molar-refractivity contribution is 7.25. The number of hydrogen-bond acceptors (Lipinski definition) is 4. The molecule has 0 radical (unpaired) electrons. The molecule has 0 aliphatic heterocycles. The van der Waals surface area contributed by atoms with Crippen LogP contribution in [0.5, 0.6) is 0 Å². The topological polar surface area (TPSA) is 38.6 Å². The van der Waals surface area contributed by atoms with Crippen molar-refractivity contribution in [3.05, 3.63) is 169 Å². The predicted octanol–water partition coefficient (Wildman–Crippen LogP) is 14.0. The van der Waals surface area contributed by atoms with Gasteiger partial charge >= 0.3 is 0 Å². The number of aliphatic imine (C=N–C) groups is 1. The maximum atomic E-state index is 6.70. The van der Waals surface area contributed by atoms with Crippen molar-refractivity contribution >= 4 is 92.4 Å². The summed E-state index contributed by atoms with van der Waals surface area (Å²) in [7, 11) is 0. The normalized spacial score (nSPS) is 12.2. The van der Waals surface area contributed by atoms with Crippen molar-refractivity contribution in [1.82, 2.24) is 0 Å². The van der Waals surface area contributed by atoms with Crippen LogP contribution in [0.2, 0.25) is 0 Å². The molecule has 0 N–H and O–H groups in total. The molecule has 0 fully saturated rings. The van der Waals surface area contributed by atoms with Gasteiger partial charge in [0.25, 0.3) is 0 Å². The summed E-state index contributed by atoms with van der Waals surface area (Å²) >= 11 is 1.84. The molecule has 52 heavy (non-hydrogen) atoms. The number of fused-ring (bicyclic) bond motifs is 10. The molecular formula is C48H29NO2S. The molecule has 0 bridgehead atoms. The molecule has 0 aliphatic carbocycles. The van der Waals surface area contributed by atoms with Crippen LogP contribution in [0.1, 0.15) is 11.1 Å². The third-order valence-electron chi connectivity index (χ3n) is 10.4. The van der Waals surface area contributed by atoms with Gasteiger partial charge in [0.05, 0.1) is 6.54 Å². The Labute approximate surface area is 302 Å². The fourth-order valence-corrected chi connectivity index (χ4v) is 9.07. The van der Waals surface area contributed by atoms with Gasteiger partial charge < -0.3 is 8.83 Å². The molecule has 11 aromatic rings. The average molecular weight is 684 g/mol. The number of furan rings is 2. The standard InChI is InChI=1S/C48H29NO2S/c1-2-9-31-24-29(18-19-30(31)8-1)27-49-28-34-10-5-15-42-46(34)40-25-32(21-23-41(40)50-42)35-12-7-16-43-47(35)39-14-6-13-36(48(39)51-43)33-20-22-38-37-11-3-4-17-44(37)52-45(38)26-33/h1-26,28H,27H2. The van der Waals surface area contributed by atoms with Gasteiger partial charge in [0.2, 0.25) is 0 Å². The second kappa shape index (κ2) is 11.5. The van der Waals surface area contributed by atoms with E-state index in [0.717, 1.165) is 71.7 Å². The maximum absolute atomic E-state index is 6.70. The van der Waals surface area contributed by atoms with Crippen LogP contribution in [0.3, 0.4) is 0 Å². The molecule has 11 rings (SSSR count). The maximum Gasteiger partial charge on any atom is 0.143 e. The van der Waals surface area contributed by atoms with E-state index in [1.54, 1.807) is 0 Å². The first kappa shape index (κ1) is 29.3. The minimum atomic E-state index is 0.609. The van der Waals surface area contributed by atoms with Crippen LogP contribution < -0.4 is 0 Å². The fourth-order valence-electron chi connectivity index (χ4n) is 7.92. The molecule has 3 heterocycles. The molecule has 0 spiro atoms. The summed E-state index contributed by atoms with van der Waals surface area (Å²) in [6.07, 6.45) is 1.99. The second-order valence-electron chi connectivity index (χ2n) is 13.5. The van der Waals surface area contributed by atoms with Gasteiger partial charge in [-0.2, -0.15) is 0 Å².